The largest absolute Gasteiger partial charge is 0.348 e. The highest BCUT2D eigenvalue weighted by Gasteiger charge is 2.10. The third kappa shape index (κ3) is 3.58. The van der Waals surface area contributed by atoms with E-state index in [0.29, 0.717) is 28.8 Å². The number of fused-ring (bicyclic) bond motifs is 1. The Bertz CT molecular complexity index is 994. The minimum absolute atomic E-state index is 0.126. The van der Waals surface area contributed by atoms with Crippen LogP contribution < -0.4 is 10.9 Å². The van der Waals surface area contributed by atoms with E-state index in [2.05, 4.69) is 10.3 Å². The molecule has 1 heterocycles. The highest BCUT2D eigenvalue weighted by molar-refractivity contribution is 7.98. The quantitative estimate of drug-likeness (QED) is 0.733. The van der Waals surface area contributed by atoms with Gasteiger partial charge in [-0.25, -0.2) is 4.98 Å². The number of thioether (sulfide) groups is 1. The van der Waals surface area contributed by atoms with Crippen molar-refractivity contribution in [3.8, 4) is 0 Å². The minimum atomic E-state index is -0.163. The first-order valence-corrected chi connectivity index (χ1v) is 9.10. The van der Waals surface area contributed by atoms with Crippen molar-refractivity contribution in [2.75, 3.05) is 6.26 Å². The molecule has 0 saturated heterocycles. The maximum atomic E-state index is 12.4. The van der Waals surface area contributed by atoms with Crippen molar-refractivity contribution < 1.29 is 4.79 Å². The number of nitrogens with one attached hydrogen (secondary N) is 1. The summed E-state index contributed by atoms with van der Waals surface area (Å²) >= 11 is 1.68. The lowest BCUT2D eigenvalue weighted by Crippen LogP contribution is -2.24. The standard InChI is InChI=1S/C19H19N3O2S/c1-12-19(24)22(2)17-9-6-14(10-16(17)21-12)18(23)20-11-13-4-7-15(25-3)8-5-13/h4-10H,11H2,1-3H3,(H,20,23). The number of hydrogen-bond acceptors (Lipinski definition) is 4. The van der Waals surface area contributed by atoms with Crippen molar-refractivity contribution in [2.45, 2.75) is 18.4 Å². The number of aryl methyl sites for hydroxylation is 2. The Labute approximate surface area is 150 Å². The average Bonchev–Trinajstić information content (AvgIpc) is 2.64. The number of carbonyl (C=O) groups excluding carboxylic acids is 1. The van der Waals surface area contributed by atoms with Gasteiger partial charge in [-0.15, -0.1) is 11.8 Å². The fourth-order valence-electron chi connectivity index (χ4n) is 2.65. The fraction of sp³-hybridized carbons (Fsp3) is 0.211. The maximum Gasteiger partial charge on any atom is 0.272 e. The van der Waals surface area contributed by atoms with Crippen molar-refractivity contribution in [1.82, 2.24) is 14.9 Å². The first-order valence-electron chi connectivity index (χ1n) is 7.88. The molecule has 0 radical (unpaired) electrons. The Balaban J connectivity index is 1.79. The topological polar surface area (TPSA) is 64.0 Å². The van der Waals surface area contributed by atoms with Gasteiger partial charge in [0.1, 0.15) is 5.69 Å². The van der Waals surface area contributed by atoms with Gasteiger partial charge in [-0.1, -0.05) is 12.1 Å². The van der Waals surface area contributed by atoms with Crippen molar-refractivity contribution in [3.05, 3.63) is 69.6 Å². The van der Waals surface area contributed by atoms with Gasteiger partial charge in [-0.05, 0) is 49.1 Å². The van der Waals surface area contributed by atoms with Crippen molar-refractivity contribution >= 4 is 28.7 Å². The van der Waals surface area contributed by atoms with E-state index in [1.807, 2.05) is 30.5 Å². The van der Waals surface area contributed by atoms with E-state index in [9.17, 15) is 9.59 Å². The van der Waals surface area contributed by atoms with Crippen LogP contribution in [0.4, 0.5) is 0 Å². The third-order valence-corrected chi connectivity index (χ3v) is 4.86. The Hall–Kier alpha value is -2.60. The number of hydrogen-bond donors (Lipinski definition) is 1. The van der Waals surface area contributed by atoms with E-state index in [1.54, 1.807) is 48.5 Å². The van der Waals surface area contributed by atoms with Crippen LogP contribution in [0.1, 0.15) is 21.6 Å². The van der Waals surface area contributed by atoms with Gasteiger partial charge in [0.2, 0.25) is 0 Å². The predicted octanol–water partition coefficient (Wildman–Crippen LogP) is 2.89. The van der Waals surface area contributed by atoms with Crippen molar-refractivity contribution in [3.63, 3.8) is 0 Å². The normalized spacial score (nSPS) is 10.8. The molecular weight excluding hydrogens is 334 g/mol. The second-order valence-electron chi connectivity index (χ2n) is 5.80. The minimum Gasteiger partial charge on any atom is -0.348 e. The average molecular weight is 353 g/mol. The van der Waals surface area contributed by atoms with E-state index >= 15 is 0 Å². The summed E-state index contributed by atoms with van der Waals surface area (Å²) in [6.45, 7) is 2.14. The molecule has 0 unspecified atom stereocenters. The van der Waals surface area contributed by atoms with Crippen molar-refractivity contribution in [2.24, 2.45) is 7.05 Å². The number of carbonyl (C=O) groups is 1. The Kier molecular flexibility index (Phi) is 4.90. The second-order valence-corrected chi connectivity index (χ2v) is 6.68. The molecule has 0 atom stereocenters. The molecule has 3 aromatic rings. The van der Waals surface area contributed by atoms with Gasteiger partial charge in [-0.3, -0.25) is 9.59 Å². The smallest absolute Gasteiger partial charge is 0.272 e. The van der Waals surface area contributed by atoms with E-state index in [-0.39, 0.29) is 11.5 Å². The lowest BCUT2D eigenvalue weighted by atomic mass is 10.1. The van der Waals surface area contributed by atoms with Gasteiger partial charge >= 0.3 is 0 Å². The zero-order valence-electron chi connectivity index (χ0n) is 14.4. The summed E-state index contributed by atoms with van der Waals surface area (Å²) in [5.74, 6) is -0.163. The highest BCUT2D eigenvalue weighted by atomic mass is 32.2. The summed E-state index contributed by atoms with van der Waals surface area (Å²) in [7, 11) is 1.71. The molecule has 0 saturated carbocycles. The molecule has 1 aromatic heterocycles. The highest BCUT2D eigenvalue weighted by Crippen LogP contribution is 2.15. The van der Waals surface area contributed by atoms with Crippen LogP contribution in [-0.4, -0.2) is 21.7 Å². The van der Waals surface area contributed by atoms with Gasteiger partial charge in [0, 0.05) is 24.1 Å². The van der Waals surface area contributed by atoms with Gasteiger partial charge in [0.25, 0.3) is 11.5 Å². The van der Waals surface area contributed by atoms with E-state index in [4.69, 9.17) is 0 Å². The number of rotatable bonds is 4. The molecule has 1 N–H and O–H groups in total. The van der Waals surface area contributed by atoms with Crippen LogP contribution in [0.3, 0.4) is 0 Å². The van der Waals surface area contributed by atoms with E-state index < -0.39 is 0 Å². The molecule has 0 fully saturated rings. The summed E-state index contributed by atoms with van der Waals surface area (Å²) < 4.78 is 1.55. The summed E-state index contributed by atoms with van der Waals surface area (Å²) in [6, 6.07) is 13.3. The second kappa shape index (κ2) is 7.11. The Morgan fingerprint density at radius 1 is 1.20 bits per heavy atom. The first-order chi connectivity index (χ1) is 12.0. The van der Waals surface area contributed by atoms with Crippen LogP contribution in [0.15, 0.2) is 52.2 Å². The summed E-state index contributed by atoms with van der Waals surface area (Å²) in [5.41, 5.74) is 3.21. The van der Waals surface area contributed by atoms with E-state index in [0.717, 1.165) is 5.56 Å². The Morgan fingerprint density at radius 3 is 2.60 bits per heavy atom. The molecule has 0 spiro atoms. The van der Waals surface area contributed by atoms with Crippen LogP contribution >= 0.6 is 11.8 Å². The van der Waals surface area contributed by atoms with Crippen LogP contribution in [-0.2, 0) is 13.6 Å². The molecule has 0 aliphatic heterocycles. The molecule has 128 valence electrons. The monoisotopic (exact) mass is 353 g/mol. The molecule has 5 nitrogen and oxygen atoms in total. The molecule has 1 amide bonds. The molecule has 6 heteroatoms. The number of benzene rings is 2. The molecule has 0 aliphatic rings. The van der Waals surface area contributed by atoms with Crippen LogP contribution in [0.5, 0.6) is 0 Å². The third-order valence-electron chi connectivity index (χ3n) is 4.11. The number of amides is 1. The zero-order valence-corrected chi connectivity index (χ0v) is 15.2. The van der Waals surface area contributed by atoms with Gasteiger partial charge in [-0.2, -0.15) is 0 Å². The molecule has 0 aliphatic carbocycles. The molecule has 3 rings (SSSR count). The van der Waals surface area contributed by atoms with Crippen molar-refractivity contribution in [1.29, 1.82) is 0 Å². The van der Waals surface area contributed by atoms with Crippen LogP contribution in [0, 0.1) is 6.92 Å². The molecule has 2 aromatic carbocycles. The van der Waals surface area contributed by atoms with Crippen LogP contribution in [0.2, 0.25) is 0 Å². The fourth-order valence-corrected chi connectivity index (χ4v) is 3.05. The van der Waals surface area contributed by atoms with E-state index in [1.165, 1.54) is 4.90 Å². The van der Waals surface area contributed by atoms with Gasteiger partial charge in [0.15, 0.2) is 0 Å². The van der Waals surface area contributed by atoms with Gasteiger partial charge in [0.05, 0.1) is 11.0 Å². The number of aromatic nitrogens is 2. The first kappa shape index (κ1) is 17.2. The summed E-state index contributed by atoms with van der Waals surface area (Å²) in [4.78, 5) is 29.8. The zero-order chi connectivity index (χ0) is 18.0. The molecule has 0 bridgehead atoms. The molecular formula is C19H19N3O2S. The predicted molar refractivity (Wildman–Crippen MR) is 101 cm³/mol. The van der Waals surface area contributed by atoms with Gasteiger partial charge < -0.3 is 9.88 Å². The SMILES string of the molecule is CSc1ccc(CNC(=O)c2ccc3c(c2)nc(C)c(=O)n3C)cc1. The lowest BCUT2D eigenvalue weighted by Gasteiger charge is -2.09. The maximum absolute atomic E-state index is 12.4. The summed E-state index contributed by atoms with van der Waals surface area (Å²) in [5, 5.41) is 2.92. The molecule has 25 heavy (non-hydrogen) atoms. The lowest BCUT2D eigenvalue weighted by molar-refractivity contribution is 0.0951. The van der Waals surface area contributed by atoms with Crippen LogP contribution in [0.25, 0.3) is 11.0 Å². The Morgan fingerprint density at radius 2 is 1.92 bits per heavy atom. The summed E-state index contributed by atoms with van der Waals surface area (Å²) in [6.07, 6.45) is 2.03. The number of nitrogens with zero attached hydrogens (tertiary/aromatic N) is 2.